The molecule has 1 atom stereocenters. The Balaban J connectivity index is 1.90. The molecule has 0 radical (unpaired) electrons. The maximum atomic E-state index is 13.5. The molecule has 7 nitrogen and oxygen atoms in total. The number of sulfonamides is 1. The normalized spacial score (nSPS) is 12.0. The van der Waals surface area contributed by atoms with Gasteiger partial charge in [0.25, 0.3) is 15.9 Å². The highest BCUT2D eigenvalue weighted by Gasteiger charge is 2.27. The monoisotopic (exact) mass is 513 g/mol. The van der Waals surface area contributed by atoms with Crippen LogP contribution in [0.2, 0.25) is 5.02 Å². The van der Waals surface area contributed by atoms with Crippen LogP contribution in [-0.2, 0) is 14.8 Å². The molecule has 184 valence electrons. The summed E-state index contributed by atoms with van der Waals surface area (Å²) in [6.07, 6.45) is 0.758. The number of hydrogen-bond donors (Lipinski definition) is 2. The molecule has 0 saturated carbocycles. The summed E-state index contributed by atoms with van der Waals surface area (Å²) in [6, 6.07) is 19.1. The molecule has 35 heavy (non-hydrogen) atoms. The molecule has 3 rings (SSSR count). The standard InChI is InChI=1S/C26H28ClN3O4S/c1-4-19(3)28-26(32)23-7-5-6-8-24(23)29-25(31)17-30(21-13-9-18(2)10-14-21)35(33,34)22-15-11-20(27)12-16-22/h5-16,19H,4,17H2,1-3H3,(H,28,32)(H,29,31)/t19-/m1/s1. The summed E-state index contributed by atoms with van der Waals surface area (Å²) in [5.41, 5.74) is 1.88. The minimum absolute atomic E-state index is 0.00334. The first-order valence-corrected chi connectivity index (χ1v) is 13.0. The second-order valence-corrected chi connectivity index (χ2v) is 10.5. The molecule has 3 aromatic rings. The Morgan fingerprint density at radius 3 is 2.23 bits per heavy atom. The summed E-state index contributed by atoms with van der Waals surface area (Å²) in [7, 11) is -4.08. The first kappa shape index (κ1) is 26.2. The Kier molecular flexibility index (Phi) is 8.53. The van der Waals surface area contributed by atoms with E-state index in [1.54, 1.807) is 48.5 Å². The van der Waals surface area contributed by atoms with Crippen molar-refractivity contribution in [2.45, 2.75) is 38.1 Å². The van der Waals surface area contributed by atoms with Crippen molar-refractivity contribution in [3.05, 3.63) is 88.9 Å². The minimum Gasteiger partial charge on any atom is -0.350 e. The Labute approximate surface area is 211 Å². The third-order valence-electron chi connectivity index (χ3n) is 5.45. The van der Waals surface area contributed by atoms with Crippen molar-refractivity contribution in [1.82, 2.24) is 5.32 Å². The summed E-state index contributed by atoms with van der Waals surface area (Å²) < 4.78 is 28.0. The first-order valence-electron chi connectivity index (χ1n) is 11.2. The number of aryl methyl sites for hydroxylation is 1. The predicted molar refractivity (Wildman–Crippen MR) is 139 cm³/mol. The van der Waals surface area contributed by atoms with Gasteiger partial charge in [0.15, 0.2) is 0 Å². The zero-order valence-corrected chi connectivity index (χ0v) is 21.4. The van der Waals surface area contributed by atoms with Crippen molar-refractivity contribution >= 4 is 44.8 Å². The van der Waals surface area contributed by atoms with Gasteiger partial charge in [0.05, 0.1) is 21.8 Å². The molecule has 0 aliphatic carbocycles. The fraction of sp³-hybridized carbons (Fsp3) is 0.231. The third kappa shape index (κ3) is 6.61. The Morgan fingerprint density at radius 2 is 1.60 bits per heavy atom. The number of carbonyl (C=O) groups excluding carboxylic acids is 2. The van der Waals surface area contributed by atoms with E-state index >= 15 is 0 Å². The van der Waals surface area contributed by atoms with Gasteiger partial charge >= 0.3 is 0 Å². The topological polar surface area (TPSA) is 95.6 Å². The zero-order valence-electron chi connectivity index (χ0n) is 19.8. The van der Waals surface area contributed by atoms with Gasteiger partial charge in [-0.05, 0) is 68.8 Å². The Bertz CT molecular complexity index is 1290. The summed E-state index contributed by atoms with van der Waals surface area (Å²) in [5, 5.41) is 5.97. The molecular formula is C26H28ClN3O4S. The Morgan fingerprint density at radius 1 is 0.971 bits per heavy atom. The summed E-state index contributed by atoms with van der Waals surface area (Å²) in [6.45, 7) is 5.24. The van der Waals surface area contributed by atoms with Gasteiger partial charge < -0.3 is 10.6 Å². The predicted octanol–water partition coefficient (Wildman–Crippen LogP) is 5.01. The molecule has 0 aliphatic heterocycles. The largest absolute Gasteiger partial charge is 0.350 e. The van der Waals surface area contributed by atoms with Crippen LogP contribution in [0, 0.1) is 6.92 Å². The zero-order chi connectivity index (χ0) is 25.6. The van der Waals surface area contributed by atoms with E-state index in [-0.39, 0.29) is 16.8 Å². The van der Waals surface area contributed by atoms with Crippen molar-refractivity contribution in [2.75, 3.05) is 16.2 Å². The quantitative estimate of drug-likeness (QED) is 0.420. The molecule has 3 aromatic carbocycles. The van der Waals surface area contributed by atoms with E-state index in [0.29, 0.717) is 22.0 Å². The first-order chi connectivity index (χ1) is 16.6. The van der Waals surface area contributed by atoms with Crippen LogP contribution in [0.5, 0.6) is 0 Å². The van der Waals surface area contributed by atoms with Crippen LogP contribution in [0.15, 0.2) is 77.7 Å². The fourth-order valence-corrected chi connectivity index (χ4v) is 4.82. The highest BCUT2D eigenvalue weighted by atomic mass is 35.5. The molecule has 0 aliphatic rings. The van der Waals surface area contributed by atoms with Crippen molar-refractivity contribution < 1.29 is 18.0 Å². The van der Waals surface area contributed by atoms with Gasteiger partial charge in [-0.2, -0.15) is 0 Å². The molecule has 0 aromatic heterocycles. The van der Waals surface area contributed by atoms with E-state index in [2.05, 4.69) is 10.6 Å². The van der Waals surface area contributed by atoms with E-state index in [0.717, 1.165) is 16.3 Å². The molecule has 0 unspecified atom stereocenters. The van der Waals surface area contributed by atoms with E-state index in [9.17, 15) is 18.0 Å². The Hall–Kier alpha value is -3.36. The number of nitrogens with zero attached hydrogens (tertiary/aromatic N) is 1. The average Bonchev–Trinajstić information content (AvgIpc) is 2.83. The van der Waals surface area contributed by atoms with Crippen LogP contribution in [0.3, 0.4) is 0 Å². The molecule has 0 saturated heterocycles. The van der Waals surface area contributed by atoms with Gasteiger partial charge in [0, 0.05) is 11.1 Å². The number of hydrogen-bond acceptors (Lipinski definition) is 4. The second kappa shape index (κ2) is 11.4. The van der Waals surface area contributed by atoms with Crippen LogP contribution in [0.25, 0.3) is 0 Å². The van der Waals surface area contributed by atoms with Crippen LogP contribution >= 0.6 is 11.6 Å². The van der Waals surface area contributed by atoms with Crippen LogP contribution in [0.1, 0.15) is 36.2 Å². The second-order valence-electron chi connectivity index (χ2n) is 8.18. The number of para-hydroxylation sites is 1. The number of amides is 2. The summed E-state index contributed by atoms with van der Waals surface area (Å²) >= 11 is 5.93. The molecule has 0 heterocycles. The molecule has 2 N–H and O–H groups in total. The number of benzene rings is 3. The smallest absolute Gasteiger partial charge is 0.264 e. The molecule has 2 amide bonds. The molecule has 0 bridgehead atoms. The van der Waals surface area contributed by atoms with Crippen molar-refractivity contribution in [1.29, 1.82) is 0 Å². The van der Waals surface area contributed by atoms with Gasteiger partial charge in [-0.1, -0.05) is 48.4 Å². The summed E-state index contributed by atoms with van der Waals surface area (Å²) in [4.78, 5) is 25.8. The molecular weight excluding hydrogens is 486 g/mol. The summed E-state index contributed by atoms with van der Waals surface area (Å²) in [5.74, 6) is -0.911. The number of carbonyl (C=O) groups is 2. The number of nitrogens with one attached hydrogen (secondary N) is 2. The van der Waals surface area contributed by atoms with Gasteiger partial charge in [-0.3, -0.25) is 13.9 Å². The van der Waals surface area contributed by atoms with Crippen molar-refractivity contribution in [3.8, 4) is 0 Å². The van der Waals surface area contributed by atoms with Gasteiger partial charge in [-0.25, -0.2) is 8.42 Å². The SMILES string of the molecule is CC[C@@H](C)NC(=O)c1ccccc1NC(=O)CN(c1ccc(C)cc1)S(=O)(=O)c1ccc(Cl)cc1. The van der Waals surface area contributed by atoms with Crippen molar-refractivity contribution in [3.63, 3.8) is 0 Å². The van der Waals surface area contributed by atoms with Crippen LogP contribution < -0.4 is 14.9 Å². The minimum atomic E-state index is -4.08. The maximum absolute atomic E-state index is 13.5. The lowest BCUT2D eigenvalue weighted by Crippen LogP contribution is -2.38. The number of anilines is 2. The van der Waals surface area contributed by atoms with Crippen molar-refractivity contribution in [2.24, 2.45) is 0 Å². The highest BCUT2D eigenvalue weighted by Crippen LogP contribution is 2.25. The van der Waals surface area contributed by atoms with Gasteiger partial charge in [0.2, 0.25) is 5.91 Å². The van der Waals surface area contributed by atoms with E-state index in [1.165, 1.54) is 24.3 Å². The fourth-order valence-electron chi connectivity index (χ4n) is 3.27. The van der Waals surface area contributed by atoms with E-state index < -0.39 is 22.5 Å². The lowest BCUT2D eigenvalue weighted by atomic mass is 10.1. The lowest BCUT2D eigenvalue weighted by molar-refractivity contribution is -0.114. The maximum Gasteiger partial charge on any atom is 0.264 e. The van der Waals surface area contributed by atoms with Crippen LogP contribution in [0.4, 0.5) is 11.4 Å². The van der Waals surface area contributed by atoms with E-state index in [1.807, 2.05) is 20.8 Å². The highest BCUT2D eigenvalue weighted by molar-refractivity contribution is 7.92. The molecule has 0 fully saturated rings. The molecule has 9 heteroatoms. The van der Waals surface area contributed by atoms with E-state index in [4.69, 9.17) is 11.6 Å². The number of rotatable bonds is 9. The number of halogens is 1. The third-order valence-corrected chi connectivity index (χ3v) is 7.49. The van der Waals surface area contributed by atoms with Gasteiger partial charge in [-0.15, -0.1) is 0 Å². The molecule has 0 spiro atoms. The van der Waals surface area contributed by atoms with Gasteiger partial charge in [0.1, 0.15) is 6.54 Å². The van der Waals surface area contributed by atoms with Crippen LogP contribution in [-0.4, -0.2) is 32.8 Å². The lowest BCUT2D eigenvalue weighted by Gasteiger charge is -2.24. The average molecular weight is 514 g/mol.